The number of carbonyl (C=O) groups is 1. The molecule has 0 aliphatic rings. The van der Waals surface area contributed by atoms with Crippen LogP contribution in [0.25, 0.3) is 0 Å². The van der Waals surface area contributed by atoms with Crippen molar-refractivity contribution in [2.24, 2.45) is 0 Å². The first-order chi connectivity index (χ1) is 9.71. The zero-order chi connectivity index (χ0) is 14.8. The number of hydrogen-bond donors (Lipinski definition) is 1. The van der Waals surface area contributed by atoms with Gasteiger partial charge in [-0.3, -0.25) is 4.79 Å². The second kappa shape index (κ2) is 9.54. The Hall–Kier alpha value is -1.35. The van der Waals surface area contributed by atoms with Crippen LogP contribution in [0.2, 0.25) is 0 Å². The first kappa shape index (κ1) is 16.7. The van der Waals surface area contributed by atoms with E-state index < -0.39 is 0 Å². The molecule has 1 rings (SSSR count). The number of benzene rings is 1. The highest BCUT2D eigenvalue weighted by Crippen LogP contribution is 2.05. The Bertz CT molecular complexity index is 374. The topological polar surface area (TPSA) is 32.3 Å². The van der Waals surface area contributed by atoms with Crippen LogP contribution in [0.15, 0.2) is 30.3 Å². The van der Waals surface area contributed by atoms with Crippen molar-refractivity contribution in [1.29, 1.82) is 0 Å². The summed E-state index contributed by atoms with van der Waals surface area (Å²) in [6, 6.07) is 11.0. The quantitative estimate of drug-likeness (QED) is 0.752. The molecule has 1 aromatic rings. The molecule has 1 amide bonds. The summed E-state index contributed by atoms with van der Waals surface area (Å²) in [5.41, 5.74) is 1.35. The van der Waals surface area contributed by atoms with Crippen molar-refractivity contribution in [3.63, 3.8) is 0 Å². The standard InChI is InChI=1S/C17H28N2O/c1-4-16(14-15-10-8-7-9-11-15)18-13-12-17(20)19(5-2)6-3/h7-11,16,18H,4-6,12-14H2,1-3H3. The molecule has 0 radical (unpaired) electrons. The summed E-state index contributed by atoms with van der Waals surface area (Å²) >= 11 is 0. The van der Waals surface area contributed by atoms with Gasteiger partial charge in [0, 0.05) is 32.1 Å². The minimum Gasteiger partial charge on any atom is -0.343 e. The van der Waals surface area contributed by atoms with Crippen LogP contribution in [0.1, 0.15) is 39.2 Å². The lowest BCUT2D eigenvalue weighted by atomic mass is 10.0. The van der Waals surface area contributed by atoms with Crippen LogP contribution >= 0.6 is 0 Å². The van der Waals surface area contributed by atoms with Gasteiger partial charge in [-0.25, -0.2) is 0 Å². The third-order valence-corrected chi connectivity index (χ3v) is 3.71. The maximum atomic E-state index is 11.9. The molecule has 1 N–H and O–H groups in total. The van der Waals surface area contributed by atoms with Gasteiger partial charge in [-0.2, -0.15) is 0 Å². The first-order valence-corrected chi connectivity index (χ1v) is 7.76. The second-order valence-corrected chi connectivity index (χ2v) is 5.07. The SMILES string of the molecule is CCC(Cc1ccccc1)NCCC(=O)N(CC)CC. The van der Waals surface area contributed by atoms with Crippen molar-refractivity contribution >= 4 is 5.91 Å². The molecule has 0 saturated carbocycles. The van der Waals surface area contributed by atoms with Gasteiger partial charge in [0.05, 0.1) is 0 Å². The number of rotatable bonds is 9. The maximum absolute atomic E-state index is 11.9. The fourth-order valence-corrected chi connectivity index (χ4v) is 2.38. The fourth-order valence-electron chi connectivity index (χ4n) is 2.38. The lowest BCUT2D eigenvalue weighted by Gasteiger charge is -2.20. The van der Waals surface area contributed by atoms with Crippen molar-refractivity contribution in [2.75, 3.05) is 19.6 Å². The van der Waals surface area contributed by atoms with Crippen molar-refractivity contribution in [3.8, 4) is 0 Å². The molecule has 112 valence electrons. The van der Waals surface area contributed by atoms with E-state index in [1.165, 1.54) is 5.56 Å². The summed E-state index contributed by atoms with van der Waals surface area (Å²) < 4.78 is 0. The van der Waals surface area contributed by atoms with Crippen LogP contribution < -0.4 is 5.32 Å². The fraction of sp³-hybridized carbons (Fsp3) is 0.588. The monoisotopic (exact) mass is 276 g/mol. The molecule has 0 aliphatic carbocycles. The Labute approximate surface area is 123 Å². The summed E-state index contributed by atoms with van der Waals surface area (Å²) in [4.78, 5) is 13.8. The van der Waals surface area contributed by atoms with E-state index in [1.54, 1.807) is 0 Å². The predicted molar refractivity (Wildman–Crippen MR) is 84.8 cm³/mol. The Morgan fingerprint density at radius 1 is 1.15 bits per heavy atom. The molecule has 3 nitrogen and oxygen atoms in total. The molecule has 0 fully saturated rings. The average Bonchev–Trinajstić information content (AvgIpc) is 2.48. The Kier molecular flexibility index (Phi) is 7.97. The number of amides is 1. The highest BCUT2D eigenvalue weighted by molar-refractivity contribution is 5.76. The number of nitrogens with zero attached hydrogens (tertiary/aromatic N) is 1. The van der Waals surface area contributed by atoms with Crippen molar-refractivity contribution in [1.82, 2.24) is 10.2 Å². The molecule has 20 heavy (non-hydrogen) atoms. The first-order valence-electron chi connectivity index (χ1n) is 7.76. The molecular weight excluding hydrogens is 248 g/mol. The van der Waals surface area contributed by atoms with Gasteiger partial charge in [-0.05, 0) is 32.3 Å². The molecule has 0 saturated heterocycles. The molecule has 0 bridgehead atoms. The molecule has 0 spiro atoms. The highest BCUT2D eigenvalue weighted by atomic mass is 16.2. The van der Waals surface area contributed by atoms with Gasteiger partial charge < -0.3 is 10.2 Å². The number of carbonyl (C=O) groups excluding carboxylic acids is 1. The Balaban J connectivity index is 2.33. The van der Waals surface area contributed by atoms with E-state index >= 15 is 0 Å². The summed E-state index contributed by atoms with van der Waals surface area (Å²) in [6.45, 7) is 8.61. The number of hydrogen-bond acceptors (Lipinski definition) is 2. The van der Waals surface area contributed by atoms with Gasteiger partial charge in [-0.1, -0.05) is 37.3 Å². The van der Waals surface area contributed by atoms with E-state index in [0.29, 0.717) is 12.5 Å². The normalized spacial score (nSPS) is 12.2. The lowest BCUT2D eigenvalue weighted by Crippen LogP contribution is -2.36. The smallest absolute Gasteiger partial charge is 0.223 e. The summed E-state index contributed by atoms with van der Waals surface area (Å²) in [7, 11) is 0. The maximum Gasteiger partial charge on any atom is 0.223 e. The molecule has 0 aliphatic heterocycles. The zero-order valence-electron chi connectivity index (χ0n) is 13.1. The van der Waals surface area contributed by atoms with Crippen molar-refractivity contribution in [2.45, 2.75) is 46.1 Å². The number of nitrogens with one attached hydrogen (secondary N) is 1. The van der Waals surface area contributed by atoms with Gasteiger partial charge in [0.15, 0.2) is 0 Å². The Morgan fingerprint density at radius 3 is 2.35 bits per heavy atom. The lowest BCUT2D eigenvalue weighted by molar-refractivity contribution is -0.130. The molecule has 3 heteroatoms. The minimum absolute atomic E-state index is 0.247. The van der Waals surface area contributed by atoms with Crippen molar-refractivity contribution in [3.05, 3.63) is 35.9 Å². The zero-order valence-corrected chi connectivity index (χ0v) is 13.1. The van der Waals surface area contributed by atoms with Crippen LogP contribution in [-0.2, 0) is 11.2 Å². The molecule has 0 heterocycles. The van der Waals surface area contributed by atoms with E-state index in [-0.39, 0.29) is 5.91 Å². The van der Waals surface area contributed by atoms with E-state index in [2.05, 4.69) is 36.5 Å². The summed E-state index contributed by atoms with van der Waals surface area (Å²) in [5.74, 6) is 0.247. The van der Waals surface area contributed by atoms with Crippen LogP contribution in [0.4, 0.5) is 0 Å². The third-order valence-electron chi connectivity index (χ3n) is 3.71. The molecule has 0 aromatic heterocycles. The van der Waals surface area contributed by atoms with Gasteiger partial charge in [-0.15, -0.1) is 0 Å². The Morgan fingerprint density at radius 2 is 1.80 bits per heavy atom. The van der Waals surface area contributed by atoms with Gasteiger partial charge >= 0.3 is 0 Å². The van der Waals surface area contributed by atoms with Crippen LogP contribution in [0.5, 0.6) is 0 Å². The third kappa shape index (κ3) is 5.74. The van der Waals surface area contributed by atoms with Crippen LogP contribution in [0.3, 0.4) is 0 Å². The van der Waals surface area contributed by atoms with Crippen LogP contribution in [-0.4, -0.2) is 36.5 Å². The molecule has 1 unspecified atom stereocenters. The van der Waals surface area contributed by atoms with Gasteiger partial charge in [0.2, 0.25) is 5.91 Å². The minimum atomic E-state index is 0.247. The van der Waals surface area contributed by atoms with Gasteiger partial charge in [0.25, 0.3) is 0 Å². The van der Waals surface area contributed by atoms with Crippen molar-refractivity contribution < 1.29 is 4.79 Å². The largest absolute Gasteiger partial charge is 0.343 e. The van der Waals surface area contributed by atoms with Gasteiger partial charge in [0.1, 0.15) is 0 Å². The second-order valence-electron chi connectivity index (χ2n) is 5.07. The van der Waals surface area contributed by atoms with E-state index in [9.17, 15) is 4.79 Å². The van der Waals surface area contributed by atoms with Crippen LogP contribution in [0, 0.1) is 0 Å². The molecular formula is C17H28N2O. The highest BCUT2D eigenvalue weighted by Gasteiger charge is 2.11. The summed E-state index contributed by atoms with van der Waals surface area (Å²) in [5, 5.41) is 3.50. The van der Waals surface area contributed by atoms with E-state index in [4.69, 9.17) is 0 Å². The predicted octanol–water partition coefficient (Wildman–Crippen LogP) is 2.86. The molecule has 1 atom stereocenters. The van der Waals surface area contributed by atoms with E-state index in [1.807, 2.05) is 24.8 Å². The molecule has 1 aromatic carbocycles. The summed E-state index contributed by atoms with van der Waals surface area (Å²) in [6.07, 6.45) is 2.69. The van der Waals surface area contributed by atoms with E-state index in [0.717, 1.165) is 32.5 Å². The average molecular weight is 276 g/mol.